The number of hydrogen-bond donors (Lipinski definition) is 1. The number of ether oxygens (including phenoxy) is 3. The maximum absolute atomic E-state index is 5.73. The van der Waals surface area contributed by atoms with Gasteiger partial charge in [-0.25, -0.2) is 4.98 Å². The lowest BCUT2D eigenvalue weighted by Gasteiger charge is -2.18. The summed E-state index contributed by atoms with van der Waals surface area (Å²) < 4.78 is 16.6. The Balaban J connectivity index is 0.00000225. The Labute approximate surface area is 158 Å². The SMILES string of the molecule is COc1cc2c(c(OC)c1OC)CCN(Cc1cnc(N)s1)CC2.Cl. The predicted molar refractivity (Wildman–Crippen MR) is 103 cm³/mol. The standard InChI is InChI=1S/C17H23N3O3S.ClH/c1-21-14-8-11-4-6-20(10-12-9-19-17(18)24-12)7-5-13(11)15(22-2)16(14)23-3;/h8-9H,4-7,10H2,1-3H3,(H2,18,19);1H. The molecule has 2 N–H and O–H groups in total. The van der Waals surface area contributed by atoms with Crippen molar-refractivity contribution in [1.29, 1.82) is 0 Å². The van der Waals surface area contributed by atoms with Crippen LogP contribution in [0.5, 0.6) is 17.2 Å². The van der Waals surface area contributed by atoms with Crippen molar-refractivity contribution in [2.45, 2.75) is 19.4 Å². The number of benzene rings is 1. The van der Waals surface area contributed by atoms with Gasteiger partial charge in [0.2, 0.25) is 5.75 Å². The number of thiazole rings is 1. The van der Waals surface area contributed by atoms with Gasteiger partial charge in [0, 0.05) is 36.3 Å². The van der Waals surface area contributed by atoms with Crippen molar-refractivity contribution < 1.29 is 14.2 Å². The Kier molecular flexibility index (Phi) is 6.75. The molecule has 0 spiro atoms. The van der Waals surface area contributed by atoms with E-state index in [9.17, 15) is 0 Å². The molecule has 1 aromatic heterocycles. The van der Waals surface area contributed by atoms with Gasteiger partial charge >= 0.3 is 0 Å². The molecular weight excluding hydrogens is 362 g/mol. The van der Waals surface area contributed by atoms with Crippen LogP contribution in [0.25, 0.3) is 0 Å². The van der Waals surface area contributed by atoms with Gasteiger partial charge in [-0.3, -0.25) is 4.90 Å². The highest BCUT2D eigenvalue weighted by Gasteiger charge is 2.23. The zero-order chi connectivity index (χ0) is 17.1. The minimum atomic E-state index is 0. The second-order valence-electron chi connectivity index (χ2n) is 5.72. The van der Waals surface area contributed by atoms with Crippen LogP contribution in [0.3, 0.4) is 0 Å². The highest BCUT2D eigenvalue weighted by atomic mass is 35.5. The summed E-state index contributed by atoms with van der Waals surface area (Å²) in [5, 5.41) is 0.624. The number of methoxy groups -OCH3 is 3. The third-order valence-corrected chi connectivity index (χ3v) is 5.16. The Hall–Kier alpha value is -1.70. The molecule has 0 amide bonds. The second kappa shape index (κ2) is 8.60. The van der Waals surface area contributed by atoms with Gasteiger partial charge in [-0.1, -0.05) is 0 Å². The summed E-state index contributed by atoms with van der Waals surface area (Å²) >= 11 is 1.55. The van der Waals surface area contributed by atoms with Gasteiger partial charge in [-0.2, -0.15) is 0 Å². The Morgan fingerprint density at radius 2 is 1.84 bits per heavy atom. The normalized spacial score (nSPS) is 14.2. The molecule has 1 aromatic carbocycles. The lowest BCUT2D eigenvalue weighted by molar-refractivity contribution is 0.280. The predicted octanol–water partition coefficient (Wildman–Crippen LogP) is 2.77. The number of anilines is 1. The number of rotatable bonds is 5. The van der Waals surface area contributed by atoms with Crippen molar-refractivity contribution in [1.82, 2.24) is 9.88 Å². The molecule has 0 atom stereocenters. The molecule has 2 heterocycles. The van der Waals surface area contributed by atoms with E-state index < -0.39 is 0 Å². The lowest BCUT2D eigenvalue weighted by atomic mass is 10.0. The van der Waals surface area contributed by atoms with E-state index in [-0.39, 0.29) is 12.4 Å². The fraction of sp³-hybridized carbons (Fsp3) is 0.471. The van der Waals surface area contributed by atoms with Gasteiger partial charge in [0.25, 0.3) is 0 Å². The Morgan fingerprint density at radius 3 is 2.44 bits per heavy atom. The van der Waals surface area contributed by atoms with Crippen LogP contribution in [0, 0.1) is 0 Å². The van der Waals surface area contributed by atoms with Crippen LogP contribution in [0.15, 0.2) is 12.3 Å². The van der Waals surface area contributed by atoms with Crippen molar-refractivity contribution in [3.8, 4) is 17.2 Å². The zero-order valence-electron chi connectivity index (χ0n) is 14.7. The third-order valence-electron chi connectivity index (χ3n) is 4.35. The van der Waals surface area contributed by atoms with E-state index in [1.807, 2.05) is 6.20 Å². The van der Waals surface area contributed by atoms with E-state index >= 15 is 0 Å². The molecule has 25 heavy (non-hydrogen) atoms. The fourth-order valence-corrected chi connectivity index (χ4v) is 3.92. The summed E-state index contributed by atoms with van der Waals surface area (Å²) in [6.45, 7) is 2.81. The first-order valence-electron chi connectivity index (χ1n) is 7.89. The van der Waals surface area contributed by atoms with Gasteiger partial charge in [-0.05, 0) is 24.5 Å². The minimum Gasteiger partial charge on any atom is -0.493 e. The smallest absolute Gasteiger partial charge is 0.203 e. The minimum absolute atomic E-state index is 0. The summed E-state index contributed by atoms with van der Waals surface area (Å²) in [6.07, 6.45) is 3.72. The number of nitrogen functional groups attached to an aromatic ring is 1. The Bertz CT molecular complexity index is 723. The molecule has 0 unspecified atom stereocenters. The zero-order valence-corrected chi connectivity index (χ0v) is 16.3. The number of halogens is 1. The topological polar surface area (TPSA) is 69.8 Å². The molecule has 6 nitrogen and oxygen atoms in total. The monoisotopic (exact) mass is 385 g/mol. The van der Waals surface area contributed by atoms with Crippen LogP contribution < -0.4 is 19.9 Å². The van der Waals surface area contributed by atoms with Crippen LogP contribution in [-0.2, 0) is 19.4 Å². The van der Waals surface area contributed by atoms with Crippen LogP contribution >= 0.6 is 23.7 Å². The van der Waals surface area contributed by atoms with Gasteiger partial charge < -0.3 is 19.9 Å². The quantitative estimate of drug-likeness (QED) is 0.853. The largest absolute Gasteiger partial charge is 0.493 e. The summed E-state index contributed by atoms with van der Waals surface area (Å²) in [5.74, 6) is 2.18. The van der Waals surface area contributed by atoms with Crippen molar-refractivity contribution in [3.05, 3.63) is 28.3 Å². The highest BCUT2D eigenvalue weighted by Crippen LogP contribution is 2.43. The summed E-state index contributed by atoms with van der Waals surface area (Å²) in [4.78, 5) is 7.75. The first-order valence-corrected chi connectivity index (χ1v) is 8.71. The molecule has 0 aliphatic carbocycles. The molecule has 0 saturated carbocycles. The second-order valence-corrected chi connectivity index (χ2v) is 6.87. The molecular formula is C17H24ClN3O3S. The molecule has 2 aromatic rings. The number of hydrogen-bond acceptors (Lipinski definition) is 7. The molecule has 3 rings (SSSR count). The first-order chi connectivity index (χ1) is 11.7. The van der Waals surface area contributed by atoms with Crippen LogP contribution in [0.4, 0.5) is 5.13 Å². The van der Waals surface area contributed by atoms with E-state index in [0.29, 0.717) is 10.9 Å². The van der Waals surface area contributed by atoms with Gasteiger partial charge in [-0.15, -0.1) is 23.7 Å². The average molecular weight is 386 g/mol. The maximum atomic E-state index is 5.73. The summed E-state index contributed by atoms with van der Waals surface area (Å²) in [5.41, 5.74) is 8.20. The molecule has 138 valence electrons. The molecule has 8 heteroatoms. The van der Waals surface area contributed by atoms with E-state index in [1.165, 1.54) is 16.0 Å². The average Bonchev–Trinajstić information content (AvgIpc) is 2.89. The van der Waals surface area contributed by atoms with E-state index in [4.69, 9.17) is 19.9 Å². The molecule has 0 radical (unpaired) electrons. The molecule has 1 aliphatic heterocycles. The van der Waals surface area contributed by atoms with Gasteiger partial charge in [0.05, 0.1) is 21.3 Å². The van der Waals surface area contributed by atoms with Crippen LogP contribution in [0.1, 0.15) is 16.0 Å². The molecule has 0 fully saturated rings. The fourth-order valence-electron chi connectivity index (χ4n) is 3.20. The summed E-state index contributed by atoms with van der Waals surface area (Å²) in [6, 6.07) is 2.07. The first kappa shape index (κ1) is 19.6. The van der Waals surface area contributed by atoms with E-state index in [0.717, 1.165) is 44.0 Å². The van der Waals surface area contributed by atoms with E-state index in [2.05, 4.69) is 16.0 Å². The molecule has 1 aliphatic rings. The summed E-state index contributed by atoms with van der Waals surface area (Å²) in [7, 11) is 4.98. The number of nitrogens with zero attached hydrogens (tertiary/aromatic N) is 2. The lowest BCUT2D eigenvalue weighted by Crippen LogP contribution is -2.25. The maximum Gasteiger partial charge on any atom is 0.203 e. The van der Waals surface area contributed by atoms with Crippen molar-refractivity contribution >= 4 is 28.9 Å². The highest BCUT2D eigenvalue weighted by molar-refractivity contribution is 7.15. The van der Waals surface area contributed by atoms with Crippen LogP contribution in [-0.4, -0.2) is 44.3 Å². The van der Waals surface area contributed by atoms with Crippen LogP contribution in [0.2, 0.25) is 0 Å². The van der Waals surface area contributed by atoms with Gasteiger partial charge in [0.1, 0.15) is 0 Å². The molecule has 0 saturated heterocycles. The number of nitrogens with two attached hydrogens (primary N) is 1. The third kappa shape index (κ3) is 4.11. The van der Waals surface area contributed by atoms with Gasteiger partial charge in [0.15, 0.2) is 16.6 Å². The van der Waals surface area contributed by atoms with Crippen molar-refractivity contribution in [2.24, 2.45) is 0 Å². The number of fused-ring (bicyclic) bond motifs is 1. The number of aromatic nitrogens is 1. The molecule has 0 bridgehead atoms. The Morgan fingerprint density at radius 1 is 1.12 bits per heavy atom. The van der Waals surface area contributed by atoms with Crippen molar-refractivity contribution in [3.63, 3.8) is 0 Å². The van der Waals surface area contributed by atoms with E-state index in [1.54, 1.807) is 32.7 Å². The van der Waals surface area contributed by atoms with Crippen molar-refractivity contribution in [2.75, 3.05) is 40.2 Å².